The van der Waals surface area contributed by atoms with Gasteiger partial charge in [-0.3, -0.25) is 28.8 Å². The van der Waals surface area contributed by atoms with Crippen LogP contribution in [0, 0.1) is 17.3 Å². The minimum atomic E-state index is -1.52. The maximum atomic E-state index is 13.9. The van der Waals surface area contributed by atoms with Crippen LogP contribution in [0.25, 0.3) is 11.1 Å². The normalized spacial score (nSPS) is 22.4. The van der Waals surface area contributed by atoms with E-state index in [2.05, 4.69) is 93.8 Å². The Morgan fingerprint density at radius 3 is 2.16 bits per heavy atom. The Hall–Kier alpha value is -5.63. The predicted octanol–water partition coefficient (Wildman–Crippen LogP) is 3.02. The van der Waals surface area contributed by atoms with Crippen molar-refractivity contribution in [3.05, 3.63) is 77.9 Å². The number of nitrogens with one attached hydrogen (secondary N) is 7. The Kier molecular flexibility index (Phi) is 18.4. The molecule has 3 aromatic rings. The molecule has 4 fully saturated rings. The minimum absolute atomic E-state index is 0.00648. The average molecular weight is 968 g/mol. The number of nitrogens with zero attached hydrogens (tertiary/aromatic N) is 1. The van der Waals surface area contributed by atoms with Crippen molar-refractivity contribution in [1.82, 2.24) is 41.9 Å². The zero-order chi connectivity index (χ0) is 50.8. The molecule has 18 nitrogen and oxygen atoms in total. The summed E-state index contributed by atoms with van der Waals surface area (Å²) in [5, 5.41) is 26.9. The van der Waals surface area contributed by atoms with Crippen molar-refractivity contribution in [2.45, 2.75) is 161 Å². The summed E-state index contributed by atoms with van der Waals surface area (Å²) in [7, 11) is -0.691. The van der Waals surface area contributed by atoms with Crippen molar-refractivity contribution < 1.29 is 43.2 Å². The Morgan fingerprint density at radius 1 is 0.843 bits per heavy atom. The Labute approximate surface area is 412 Å². The van der Waals surface area contributed by atoms with Crippen LogP contribution in [0.4, 0.5) is 0 Å². The molecular formula is C51H74BN9O9. The van der Waals surface area contributed by atoms with Crippen molar-refractivity contribution >= 4 is 42.6 Å². The fraction of sp³-hybridized carbons (Fsp3) is 0.588. The van der Waals surface area contributed by atoms with Crippen LogP contribution in [-0.4, -0.2) is 119 Å². The van der Waals surface area contributed by atoms with Gasteiger partial charge in [0.05, 0.1) is 30.1 Å². The standard InChI is InChI=1S/C51H74BN9O9/c1-8-9-12-33-14-16-34(17-15-33)35-18-20-36(21-19-35)46(65)55-24-22-43(63)59-39(13-10-11-23-53)47(66)61-44(31(3)62)49(68)57-30(2)45(64)60-40(27-38-28-54-29-56-38)48(67)58-32(4)52-69-42-26-37-25-41(50(37,5)6)51(42,7)70-52/h14-21,28-32,37,39-42,44,62H,8-13,22-27,53H2,1-7H3,(H,54,56)(H,55,65)(H,57,68)(H,58,67)(H,59,63)(H,60,64)(H,61,66)/t30-,31?,32-,37-,39-,40-,41-,42?,44-,51-/m0/s1. The summed E-state index contributed by atoms with van der Waals surface area (Å²) in [4.78, 5) is 88.0. The summed E-state index contributed by atoms with van der Waals surface area (Å²) in [5.74, 6) is -3.37. The largest absolute Gasteiger partial charge is 0.481 e. The maximum absolute atomic E-state index is 13.9. The molecule has 3 saturated carbocycles. The first kappa shape index (κ1) is 53.7. The smallest absolute Gasteiger partial charge is 0.404 e. The number of carbonyl (C=O) groups is 6. The summed E-state index contributed by atoms with van der Waals surface area (Å²) in [5.41, 5.74) is 9.69. The van der Waals surface area contributed by atoms with E-state index < -0.39 is 78.5 Å². The number of carbonyl (C=O) groups excluding carboxylic acids is 6. The van der Waals surface area contributed by atoms with Crippen molar-refractivity contribution in [3.63, 3.8) is 0 Å². The summed E-state index contributed by atoms with van der Waals surface area (Å²) >= 11 is 0. The van der Waals surface area contributed by atoms with Crippen molar-refractivity contribution in [2.75, 3.05) is 13.1 Å². The highest BCUT2D eigenvalue weighted by atomic mass is 16.7. The zero-order valence-electron chi connectivity index (χ0n) is 41.8. The molecule has 10 N–H and O–H groups in total. The molecule has 1 aromatic heterocycles. The van der Waals surface area contributed by atoms with E-state index in [1.165, 1.54) is 25.7 Å². The van der Waals surface area contributed by atoms with Crippen LogP contribution in [0.15, 0.2) is 61.1 Å². The van der Waals surface area contributed by atoms with Crippen LogP contribution in [0.5, 0.6) is 0 Å². The number of hydrogen-bond acceptors (Lipinski definition) is 11. The van der Waals surface area contributed by atoms with Crippen molar-refractivity contribution in [1.29, 1.82) is 0 Å². The number of aliphatic hydroxyl groups is 1. The van der Waals surface area contributed by atoms with Gasteiger partial charge in [0, 0.05) is 36.8 Å². The molecule has 0 spiro atoms. The third-order valence-corrected chi connectivity index (χ3v) is 14.7. The number of aryl methyl sites for hydroxylation is 1. The second kappa shape index (κ2) is 24.0. The van der Waals surface area contributed by atoms with E-state index in [-0.39, 0.29) is 43.2 Å². The highest BCUT2D eigenvalue weighted by Crippen LogP contribution is 2.65. The number of amides is 6. The number of aromatic nitrogens is 2. The first-order valence-electron chi connectivity index (χ1n) is 25.0. The van der Waals surface area contributed by atoms with Crippen molar-refractivity contribution in [3.8, 4) is 11.1 Å². The predicted molar refractivity (Wildman–Crippen MR) is 265 cm³/mol. The number of rotatable bonds is 25. The number of hydrogen-bond donors (Lipinski definition) is 9. The van der Waals surface area contributed by atoms with E-state index in [4.69, 9.17) is 15.0 Å². The molecule has 1 saturated heterocycles. The average Bonchev–Trinajstić information content (AvgIpc) is 3.99. The summed E-state index contributed by atoms with van der Waals surface area (Å²) in [6, 6.07) is 10.6. The lowest BCUT2D eigenvalue weighted by Gasteiger charge is -2.64. The third kappa shape index (κ3) is 13.2. The fourth-order valence-corrected chi connectivity index (χ4v) is 10.1. The van der Waals surface area contributed by atoms with Crippen LogP contribution in [0.2, 0.25) is 0 Å². The van der Waals surface area contributed by atoms with Crippen LogP contribution in [0.1, 0.15) is 121 Å². The number of nitrogens with two attached hydrogens (primary N) is 1. The molecule has 380 valence electrons. The van der Waals surface area contributed by atoms with Gasteiger partial charge in [-0.1, -0.05) is 63.6 Å². The van der Waals surface area contributed by atoms with Crippen LogP contribution < -0.4 is 37.6 Å². The molecule has 70 heavy (non-hydrogen) atoms. The fourth-order valence-electron chi connectivity index (χ4n) is 10.1. The summed E-state index contributed by atoms with van der Waals surface area (Å²) in [6.45, 7) is 13.7. The Balaban J connectivity index is 0.992. The van der Waals surface area contributed by atoms with E-state index in [9.17, 15) is 33.9 Å². The van der Waals surface area contributed by atoms with Crippen LogP contribution >= 0.6 is 0 Å². The van der Waals surface area contributed by atoms with Gasteiger partial charge in [0.1, 0.15) is 24.2 Å². The van der Waals surface area contributed by atoms with Crippen LogP contribution in [-0.2, 0) is 46.1 Å². The first-order chi connectivity index (χ1) is 33.3. The van der Waals surface area contributed by atoms with E-state index >= 15 is 0 Å². The van der Waals surface area contributed by atoms with Crippen LogP contribution in [0.3, 0.4) is 0 Å². The van der Waals surface area contributed by atoms with Gasteiger partial charge in [-0.15, -0.1) is 0 Å². The molecule has 6 amide bonds. The number of imidazole rings is 1. The van der Waals surface area contributed by atoms with Gasteiger partial charge < -0.3 is 57.0 Å². The van der Waals surface area contributed by atoms with Gasteiger partial charge in [0.2, 0.25) is 29.5 Å². The molecule has 19 heteroatoms. The maximum Gasteiger partial charge on any atom is 0.481 e. The van der Waals surface area contributed by atoms with E-state index in [1.54, 1.807) is 25.3 Å². The number of aromatic amines is 1. The minimum Gasteiger partial charge on any atom is -0.404 e. The first-order valence-corrected chi connectivity index (χ1v) is 25.0. The molecule has 0 radical (unpaired) electrons. The lowest BCUT2D eigenvalue weighted by molar-refractivity contribution is -0.199. The van der Waals surface area contributed by atoms with Gasteiger partial charge in [-0.25, -0.2) is 4.98 Å². The van der Waals surface area contributed by atoms with Gasteiger partial charge in [0.15, 0.2) is 0 Å². The molecular weight excluding hydrogens is 893 g/mol. The Morgan fingerprint density at radius 2 is 1.53 bits per heavy atom. The zero-order valence-corrected chi connectivity index (χ0v) is 41.8. The molecule has 2 aromatic carbocycles. The number of aliphatic hydroxyl groups excluding tert-OH is 1. The molecule has 4 aliphatic rings. The highest BCUT2D eigenvalue weighted by molar-refractivity contribution is 6.47. The van der Waals surface area contributed by atoms with Crippen molar-refractivity contribution in [2.24, 2.45) is 23.0 Å². The van der Waals surface area contributed by atoms with Gasteiger partial charge >= 0.3 is 7.12 Å². The molecule has 2 bridgehead atoms. The van der Waals surface area contributed by atoms with E-state index in [1.807, 2.05) is 12.1 Å². The van der Waals surface area contributed by atoms with E-state index in [0.717, 1.165) is 43.2 Å². The number of unbranched alkanes of at least 4 members (excludes halogenated alkanes) is 2. The molecule has 10 atom stereocenters. The topological polar surface area (TPSA) is 268 Å². The van der Waals surface area contributed by atoms with E-state index in [0.29, 0.717) is 42.5 Å². The molecule has 7 rings (SSSR count). The summed E-state index contributed by atoms with van der Waals surface area (Å²) < 4.78 is 12.9. The number of H-pyrrole nitrogens is 1. The molecule has 2 unspecified atom stereocenters. The SMILES string of the molecule is CCCCc1ccc(-c2ccc(C(=O)NCCC(=O)N[C@@H](CCCCN)C(=O)N[C@H](C(=O)N[C@@H](C)C(=O)N[C@@H](Cc3cnc[nH]3)C(=O)N[C@@H](C)B3OC4C[C@@H]5C[C@@H](C5(C)C)[C@]4(C)O3)C(C)O)cc2)cc1. The highest BCUT2D eigenvalue weighted by Gasteiger charge is 2.68. The van der Waals surface area contributed by atoms with Gasteiger partial charge in [-0.2, -0.15) is 0 Å². The lowest BCUT2D eigenvalue weighted by Crippen LogP contribution is -2.65. The second-order valence-corrected chi connectivity index (χ2v) is 20.2. The molecule has 3 aliphatic carbocycles. The lowest BCUT2D eigenvalue weighted by atomic mass is 9.43. The van der Waals surface area contributed by atoms with Gasteiger partial charge in [0.25, 0.3) is 5.91 Å². The molecule has 2 heterocycles. The monoisotopic (exact) mass is 968 g/mol. The quantitative estimate of drug-likeness (QED) is 0.0440. The summed E-state index contributed by atoms with van der Waals surface area (Å²) in [6.07, 6.45) is 7.91. The Bertz CT molecular complexity index is 2260. The third-order valence-electron chi connectivity index (χ3n) is 14.7. The molecule has 1 aliphatic heterocycles. The van der Waals surface area contributed by atoms with Gasteiger partial charge in [-0.05, 0) is 125 Å². The number of benzene rings is 2. The second-order valence-electron chi connectivity index (χ2n) is 20.2.